The molecule has 1 aliphatic rings. The molecule has 2 heterocycles. The van der Waals surface area contributed by atoms with Gasteiger partial charge in [0.15, 0.2) is 0 Å². The summed E-state index contributed by atoms with van der Waals surface area (Å²) in [6, 6.07) is 0. The van der Waals surface area contributed by atoms with E-state index in [1.54, 1.807) is 23.1 Å². The predicted octanol–water partition coefficient (Wildman–Crippen LogP) is 3.14. The number of carbonyl (C=O) groups excluding carboxylic acids is 1. The van der Waals surface area contributed by atoms with Gasteiger partial charge in [-0.1, -0.05) is 0 Å². The van der Waals surface area contributed by atoms with E-state index in [2.05, 4.69) is 14.7 Å². The van der Waals surface area contributed by atoms with E-state index >= 15 is 0 Å². The topological polar surface area (TPSA) is 52.1 Å². The lowest BCUT2D eigenvalue weighted by Gasteiger charge is -2.05. The Bertz CT molecular complexity index is 667. The van der Waals surface area contributed by atoms with Crippen molar-refractivity contribution in [3.8, 4) is 0 Å². The van der Waals surface area contributed by atoms with Crippen LogP contribution in [0.1, 0.15) is 29.1 Å². The van der Waals surface area contributed by atoms with Gasteiger partial charge in [-0.25, -0.2) is 9.97 Å². The summed E-state index contributed by atoms with van der Waals surface area (Å²) < 4.78 is 4.68. The van der Waals surface area contributed by atoms with Crippen molar-refractivity contribution in [2.75, 3.05) is 12.9 Å². The van der Waals surface area contributed by atoms with Gasteiger partial charge in [0.2, 0.25) is 0 Å². The first-order chi connectivity index (χ1) is 9.69. The van der Waals surface area contributed by atoms with Gasteiger partial charge < -0.3 is 4.74 Å². The smallest absolute Gasteiger partial charge is 0.306 e. The maximum atomic E-state index is 11.2. The van der Waals surface area contributed by atoms with Crippen molar-refractivity contribution in [1.82, 2.24) is 9.97 Å². The van der Waals surface area contributed by atoms with Crippen LogP contribution in [0.5, 0.6) is 0 Å². The summed E-state index contributed by atoms with van der Waals surface area (Å²) in [5.74, 6) is 1.33. The average Bonchev–Trinajstić information content (AvgIpc) is 2.97. The van der Waals surface area contributed by atoms with E-state index in [9.17, 15) is 4.79 Å². The molecule has 4 nitrogen and oxygen atoms in total. The second-order valence-electron chi connectivity index (χ2n) is 4.79. The minimum atomic E-state index is -0.171. The van der Waals surface area contributed by atoms with Gasteiger partial charge in [0, 0.05) is 16.0 Å². The Morgan fingerprint density at radius 2 is 2.25 bits per heavy atom. The summed E-state index contributed by atoms with van der Waals surface area (Å²) >= 11 is 3.44. The zero-order valence-corrected chi connectivity index (χ0v) is 13.2. The van der Waals surface area contributed by atoms with Crippen LogP contribution in [0.4, 0.5) is 0 Å². The summed E-state index contributed by atoms with van der Waals surface area (Å²) in [6.45, 7) is 1.93. The Balaban J connectivity index is 1.91. The zero-order valence-electron chi connectivity index (χ0n) is 11.6. The quantitative estimate of drug-likeness (QED) is 0.493. The number of methoxy groups -OCH3 is 1. The van der Waals surface area contributed by atoms with Crippen molar-refractivity contribution in [3.63, 3.8) is 0 Å². The molecule has 0 saturated carbocycles. The second kappa shape index (κ2) is 5.69. The van der Waals surface area contributed by atoms with Crippen molar-refractivity contribution in [2.24, 2.45) is 0 Å². The highest BCUT2D eigenvalue weighted by atomic mass is 32.2. The van der Waals surface area contributed by atoms with E-state index in [4.69, 9.17) is 0 Å². The number of esters is 1. The highest BCUT2D eigenvalue weighted by molar-refractivity contribution is 7.99. The molecule has 0 spiro atoms. The molecule has 0 unspecified atom stereocenters. The highest BCUT2D eigenvalue weighted by Crippen LogP contribution is 2.40. The number of ether oxygens (including phenoxy) is 1. The van der Waals surface area contributed by atoms with E-state index in [1.165, 1.54) is 35.8 Å². The summed E-state index contributed by atoms with van der Waals surface area (Å²) in [5, 5.41) is 2.25. The Labute approximate surface area is 126 Å². The molecule has 0 radical (unpaired) electrons. The van der Waals surface area contributed by atoms with Crippen LogP contribution in [0.2, 0.25) is 0 Å². The fourth-order valence-electron chi connectivity index (χ4n) is 2.50. The number of carbonyl (C=O) groups is 1. The number of aromatic nitrogens is 2. The third-order valence-corrected chi connectivity index (χ3v) is 5.58. The number of thioether (sulfide) groups is 1. The SMILES string of the molecule is COC(=O)CCSc1nc(C)nc2sc3c(c12)CCC3. The minimum Gasteiger partial charge on any atom is -0.469 e. The molecule has 0 amide bonds. The largest absolute Gasteiger partial charge is 0.469 e. The molecule has 0 fully saturated rings. The van der Waals surface area contributed by atoms with Crippen LogP contribution < -0.4 is 0 Å². The lowest BCUT2D eigenvalue weighted by atomic mass is 10.2. The van der Waals surface area contributed by atoms with Crippen LogP contribution in [0.15, 0.2) is 5.03 Å². The van der Waals surface area contributed by atoms with Crippen molar-refractivity contribution in [1.29, 1.82) is 0 Å². The third-order valence-electron chi connectivity index (χ3n) is 3.42. The van der Waals surface area contributed by atoms with Crippen molar-refractivity contribution >= 4 is 39.3 Å². The first-order valence-electron chi connectivity index (χ1n) is 6.67. The molecule has 0 saturated heterocycles. The number of thiophene rings is 1. The molecular formula is C14H16N2O2S2. The maximum absolute atomic E-state index is 11.2. The van der Waals surface area contributed by atoms with Gasteiger partial charge in [-0.2, -0.15) is 0 Å². The van der Waals surface area contributed by atoms with E-state index in [0.717, 1.165) is 22.1 Å². The molecule has 0 atom stereocenters. The number of fused-ring (bicyclic) bond motifs is 3. The minimum absolute atomic E-state index is 0.171. The van der Waals surface area contributed by atoms with E-state index in [-0.39, 0.29) is 5.97 Å². The van der Waals surface area contributed by atoms with Gasteiger partial charge in [-0.3, -0.25) is 4.79 Å². The summed E-state index contributed by atoms with van der Waals surface area (Å²) in [7, 11) is 1.42. The highest BCUT2D eigenvalue weighted by Gasteiger charge is 2.22. The fourth-order valence-corrected chi connectivity index (χ4v) is 4.90. The molecule has 0 N–H and O–H groups in total. The number of aryl methyl sites for hydroxylation is 3. The molecule has 2 aromatic heterocycles. The van der Waals surface area contributed by atoms with Crippen LogP contribution in [-0.4, -0.2) is 28.8 Å². The normalized spacial score (nSPS) is 13.7. The molecule has 0 aliphatic heterocycles. The van der Waals surface area contributed by atoms with Crippen molar-refractivity contribution in [2.45, 2.75) is 37.6 Å². The van der Waals surface area contributed by atoms with Gasteiger partial charge in [0.05, 0.1) is 13.5 Å². The molecule has 0 aromatic carbocycles. The van der Waals surface area contributed by atoms with E-state index < -0.39 is 0 Å². The van der Waals surface area contributed by atoms with Crippen LogP contribution >= 0.6 is 23.1 Å². The first kappa shape index (κ1) is 13.8. The van der Waals surface area contributed by atoms with Gasteiger partial charge in [-0.15, -0.1) is 23.1 Å². The predicted molar refractivity (Wildman–Crippen MR) is 81.5 cm³/mol. The van der Waals surface area contributed by atoms with E-state index in [1.807, 2.05) is 6.92 Å². The van der Waals surface area contributed by atoms with Gasteiger partial charge in [-0.05, 0) is 31.7 Å². The Morgan fingerprint density at radius 3 is 3.05 bits per heavy atom. The molecule has 2 aromatic rings. The lowest BCUT2D eigenvalue weighted by molar-refractivity contribution is -0.140. The molecule has 106 valence electrons. The monoisotopic (exact) mass is 308 g/mol. The average molecular weight is 308 g/mol. The van der Waals surface area contributed by atoms with Crippen LogP contribution in [-0.2, 0) is 22.4 Å². The summed E-state index contributed by atoms with van der Waals surface area (Å²) in [6.07, 6.45) is 3.95. The molecule has 20 heavy (non-hydrogen) atoms. The number of rotatable bonds is 4. The molecule has 0 bridgehead atoms. The molecular weight excluding hydrogens is 292 g/mol. The number of nitrogens with zero attached hydrogens (tertiary/aromatic N) is 2. The Kier molecular flexibility index (Phi) is 3.94. The van der Waals surface area contributed by atoms with E-state index in [0.29, 0.717) is 12.2 Å². The van der Waals surface area contributed by atoms with Gasteiger partial charge >= 0.3 is 5.97 Å². The fraction of sp³-hybridized carbons (Fsp3) is 0.500. The zero-order chi connectivity index (χ0) is 14.1. The molecule has 1 aliphatic carbocycles. The summed E-state index contributed by atoms with van der Waals surface area (Å²) in [5.41, 5.74) is 1.44. The number of hydrogen-bond acceptors (Lipinski definition) is 6. The molecule has 6 heteroatoms. The number of hydrogen-bond donors (Lipinski definition) is 0. The van der Waals surface area contributed by atoms with Crippen molar-refractivity contribution in [3.05, 3.63) is 16.3 Å². The van der Waals surface area contributed by atoms with Crippen LogP contribution in [0.3, 0.4) is 0 Å². The standard InChI is InChI=1S/C14H16N2O2S2/c1-8-15-13(19-7-6-11(17)18-2)12-9-4-3-5-10(9)20-14(12)16-8/h3-7H2,1-2H3. The maximum Gasteiger partial charge on any atom is 0.306 e. The van der Waals surface area contributed by atoms with Gasteiger partial charge in [0.1, 0.15) is 15.7 Å². The van der Waals surface area contributed by atoms with Gasteiger partial charge in [0.25, 0.3) is 0 Å². The Morgan fingerprint density at radius 1 is 1.40 bits per heavy atom. The summed E-state index contributed by atoms with van der Waals surface area (Å²) in [4.78, 5) is 22.9. The second-order valence-corrected chi connectivity index (χ2v) is 6.96. The van der Waals surface area contributed by atoms with Crippen LogP contribution in [0, 0.1) is 6.92 Å². The first-order valence-corrected chi connectivity index (χ1v) is 8.47. The van der Waals surface area contributed by atoms with Crippen LogP contribution in [0.25, 0.3) is 10.2 Å². The third kappa shape index (κ3) is 2.54. The lowest BCUT2D eigenvalue weighted by Crippen LogP contribution is -2.01. The van der Waals surface area contributed by atoms with Crippen molar-refractivity contribution < 1.29 is 9.53 Å². The molecule has 3 rings (SSSR count). The Hall–Kier alpha value is -1.14.